The van der Waals surface area contributed by atoms with E-state index in [1.165, 1.54) is 5.57 Å². The highest BCUT2D eigenvalue weighted by Gasteiger charge is 2.10. The number of aromatic nitrogens is 1. The summed E-state index contributed by atoms with van der Waals surface area (Å²) in [6.45, 7) is 4.65. The average molecular weight is 260 g/mol. The molecule has 0 aliphatic carbocycles. The molecule has 5 nitrogen and oxygen atoms in total. The molecule has 19 heavy (non-hydrogen) atoms. The van der Waals surface area contributed by atoms with Crippen molar-refractivity contribution in [2.24, 2.45) is 5.73 Å². The van der Waals surface area contributed by atoms with Crippen molar-refractivity contribution in [1.82, 2.24) is 10.3 Å². The molecule has 1 amide bonds. The molecule has 1 aliphatic heterocycles. The molecule has 0 radical (unpaired) electrons. The molecule has 1 aromatic rings. The summed E-state index contributed by atoms with van der Waals surface area (Å²) >= 11 is 0. The molecule has 102 valence electrons. The zero-order chi connectivity index (χ0) is 13.7. The predicted octanol–water partition coefficient (Wildman–Crippen LogP) is 1.21. The SMILES string of the molecule is Cc1ccc(C(N)=O)c(NCCC2=CCNCC2)n1. The van der Waals surface area contributed by atoms with Crippen LogP contribution in [-0.4, -0.2) is 30.5 Å². The summed E-state index contributed by atoms with van der Waals surface area (Å²) in [5.41, 5.74) is 8.10. The molecule has 0 aromatic carbocycles. The van der Waals surface area contributed by atoms with Crippen molar-refractivity contribution >= 4 is 11.7 Å². The average Bonchev–Trinajstić information content (AvgIpc) is 2.39. The van der Waals surface area contributed by atoms with Gasteiger partial charge in [0.1, 0.15) is 5.82 Å². The number of pyridine rings is 1. The number of nitrogens with two attached hydrogens (primary N) is 1. The molecule has 0 unspecified atom stereocenters. The molecule has 1 aromatic heterocycles. The second kappa shape index (κ2) is 6.33. The van der Waals surface area contributed by atoms with Crippen LogP contribution in [0.3, 0.4) is 0 Å². The van der Waals surface area contributed by atoms with Gasteiger partial charge in [0, 0.05) is 18.8 Å². The highest BCUT2D eigenvalue weighted by atomic mass is 16.1. The Kier molecular flexibility index (Phi) is 4.52. The molecule has 4 N–H and O–H groups in total. The van der Waals surface area contributed by atoms with Gasteiger partial charge >= 0.3 is 0 Å². The molecule has 1 aliphatic rings. The number of nitrogens with one attached hydrogen (secondary N) is 2. The van der Waals surface area contributed by atoms with E-state index in [-0.39, 0.29) is 0 Å². The van der Waals surface area contributed by atoms with E-state index in [0.29, 0.717) is 11.4 Å². The van der Waals surface area contributed by atoms with Crippen molar-refractivity contribution in [1.29, 1.82) is 0 Å². The maximum atomic E-state index is 11.3. The van der Waals surface area contributed by atoms with Gasteiger partial charge in [-0.25, -0.2) is 4.98 Å². The Balaban J connectivity index is 1.96. The third-order valence-electron chi connectivity index (χ3n) is 3.20. The third-order valence-corrected chi connectivity index (χ3v) is 3.20. The first-order chi connectivity index (χ1) is 9.16. The number of nitrogens with zero attached hydrogens (tertiary/aromatic N) is 1. The normalized spacial score (nSPS) is 14.9. The van der Waals surface area contributed by atoms with Gasteiger partial charge in [-0.1, -0.05) is 11.6 Å². The highest BCUT2D eigenvalue weighted by molar-refractivity contribution is 5.97. The van der Waals surface area contributed by atoms with Crippen LogP contribution in [0, 0.1) is 6.92 Å². The van der Waals surface area contributed by atoms with Gasteiger partial charge in [-0.05, 0) is 38.4 Å². The number of rotatable bonds is 5. The lowest BCUT2D eigenvalue weighted by molar-refractivity contribution is 0.100. The summed E-state index contributed by atoms with van der Waals surface area (Å²) < 4.78 is 0. The summed E-state index contributed by atoms with van der Waals surface area (Å²) in [4.78, 5) is 15.7. The first-order valence-corrected chi connectivity index (χ1v) is 6.57. The van der Waals surface area contributed by atoms with Crippen molar-refractivity contribution in [3.8, 4) is 0 Å². The Labute approximate surface area is 113 Å². The summed E-state index contributed by atoms with van der Waals surface area (Å²) in [5, 5.41) is 6.49. The number of hydrogen-bond acceptors (Lipinski definition) is 4. The zero-order valence-corrected chi connectivity index (χ0v) is 11.2. The quantitative estimate of drug-likeness (QED) is 0.695. The summed E-state index contributed by atoms with van der Waals surface area (Å²) in [6.07, 6.45) is 4.28. The Morgan fingerprint density at radius 2 is 2.37 bits per heavy atom. The van der Waals surface area contributed by atoms with E-state index >= 15 is 0 Å². The van der Waals surface area contributed by atoms with E-state index in [2.05, 4.69) is 21.7 Å². The van der Waals surface area contributed by atoms with Crippen LogP contribution in [0.2, 0.25) is 0 Å². The van der Waals surface area contributed by atoms with E-state index in [4.69, 9.17) is 5.73 Å². The number of primary amides is 1. The minimum absolute atomic E-state index is 0.448. The summed E-state index contributed by atoms with van der Waals surface area (Å²) in [7, 11) is 0. The Morgan fingerprint density at radius 3 is 3.05 bits per heavy atom. The minimum Gasteiger partial charge on any atom is -0.369 e. The molecule has 5 heteroatoms. The first-order valence-electron chi connectivity index (χ1n) is 6.57. The largest absolute Gasteiger partial charge is 0.369 e. The number of hydrogen-bond donors (Lipinski definition) is 3. The second-order valence-corrected chi connectivity index (χ2v) is 4.71. The monoisotopic (exact) mass is 260 g/mol. The minimum atomic E-state index is -0.448. The fraction of sp³-hybridized carbons (Fsp3) is 0.429. The van der Waals surface area contributed by atoms with Crippen LogP contribution in [0.15, 0.2) is 23.8 Å². The van der Waals surface area contributed by atoms with Crippen molar-refractivity contribution in [2.45, 2.75) is 19.8 Å². The Bertz CT molecular complexity index is 496. The lowest BCUT2D eigenvalue weighted by atomic mass is 10.1. The van der Waals surface area contributed by atoms with E-state index in [1.54, 1.807) is 12.1 Å². The van der Waals surface area contributed by atoms with Crippen LogP contribution in [-0.2, 0) is 0 Å². The van der Waals surface area contributed by atoms with Crippen molar-refractivity contribution in [3.63, 3.8) is 0 Å². The Morgan fingerprint density at radius 1 is 1.53 bits per heavy atom. The lowest BCUT2D eigenvalue weighted by Crippen LogP contribution is -2.21. The van der Waals surface area contributed by atoms with Crippen molar-refractivity contribution in [3.05, 3.63) is 35.0 Å². The number of anilines is 1. The van der Waals surface area contributed by atoms with Gasteiger partial charge in [0.25, 0.3) is 5.91 Å². The molecule has 0 saturated carbocycles. The van der Waals surface area contributed by atoms with E-state index in [0.717, 1.165) is 38.2 Å². The van der Waals surface area contributed by atoms with Gasteiger partial charge in [0.05, 0.1) is 5.56 Å². The van der Waals surface area contributed by atoms with Crippen LogP contribution < -0.4 is 16.4 Å². The van der Waals surface area contributed by atoms with Gasteiger partial charge in [0.2, 0.25) is 0 Å². The van der Waals surface area contributed by atoms with E-state index < -0.39 is 5.91 Å². The van der Waals surface area contributed by atoms with Crippen LogP contribution >= 0.6 is 0 Å². The molecular weight excluding hydrogens is 240 g/mol. The van der Waals surface area contributed by atoms with Gasteiger partial charge < -0.3 is 16.4 Å². The number of amides is 1. The maximum Gasteiger partial charge on any atom is 0.252 e. The summed E-state index contributed by atoms with van der Waals surface area (Å²) in [5.74, 6) is 0.137. The topological polar surface area (TPSA) is 80.0 Å². The van der Waals surface area contributed by atoms with Crippen molar-refractivity contribution < 1.29 is 4.79 Å². The molecule has 2 heterocycles. The molecule has 0 saturated heterocycles. The van der Waals surface area contributed by atoms with E-state index in [9.17, 15) is 4.79 Å². The van der Waals surface area contributed by atoms with Crippen LogP contribution in [0.1, 0.15) is 28.9 Å². The standard InChI is InChI=1S/C14H20N4O/c1-10-2-3-12(13(15)19)14(18-10)17-9-6-11-4-7-16-8-5-11/h2-4,16H,5-9H2,1H3,(H2,15,19)(H,17,18). The molecule has 0 atom stereocenters. The fourth-order valence-electron chi connectivity index (χ4n) is 2.13. The van der Waals surface area contributed by atoms with Gasteiger partial charge in [-0.15, -0.1) is 0 Å². The third kappa shape index (κ3) is 3.79. The van der Waals surface area contributed by atoms with Crippen LogP contribution in [0.25, 0.3) is 0 Å². The van der Waals surface area contributed by atoms with Crippen molar-refractivity contribution in [2.75, 3.05) is 25.0 Å². The maximum absolute atomic E-state index is 11.3. The number of carbonyl (C=O) groups is 1. The van der Waals surface area contributed by atoms with Gasteiger partial charge in [-0.2, -0.15) is 0 Å². The molecule has 2 rings (SSSR count). The molecule has 0 spiro atoms. The predicted molar refractivity (Wildman–Crippen MR) is 76.2 cm³/mol. The smallest absolute Gasteiger partial charge is 0.252 e. The lowest BCUT2D eigenvalue weighted by Gasteiger charge is -2.15. The van der Waals surface area contributed by atoms with Gasteiger partial charge in [0.15, 0.2) is 0 Å². The highest BCUT2D eigenvalue weighted by Crippen LogP contribution is 2.14. The molecule has 0 bridgehead atoms. The zero-order valence-electron chi connectivity index (χ0n) is 11.2. The van der Waals surface area contributed by atoms with Crippen LogP contribution in [0.4, 0.5) is 5.82 Å². The number of aryl methyl sites for hydroxylation is 1. The fourth-order valence-corrected chi connectivity index (χ4v) is 2.13. The first kappa shape index (κ1) is 13.5. The van der Waals surface area contributed by atoms with Gasteiger partial charge in [-0.3, -0.25) is 4.79 Å². The van der Waals surface area contributed by atoms with Crippen LogP contribution in [0.5, 0.6) is 0 Å². The Hall–Kier alpha value is -1.88. The second-order valence-electron chi connectivity index (χ2n) is 4.71. The molecule has 0 fully saturated rings. The molecular formula is C14H20N4O. The summed E-state index contributed by atoms with van der Waals surface area (Å²) in [6, 6.07) is 3.51. The van der Waals surface area contributed by atoms with E-state index in [1.807, 2.05) is 6.92 Å². The number of carbonyl (C=O) groups excluding carboxylic acids is 1.